The minimum Gasteiger partial charge on any atom is -0.379 e. The van der Waals surface area contributed by atoms with Crippen molar-refractivity contribution in [2.24, 2.45) is 0 Å². The number of rotatable bonds is 4. The van der Waals surface area contributed by atoms with E-state index in [1.807, 2.05) is 16.8 Å². The number of piperidine rings is 1. The van der Waals surface area contributed by atoms with Crippen molar-refractivity contribution < 1.29 is 13.9 Å². The average Bonchev–Trinajstić information content (AvgIpc) is 2.64. The number of nitrogens with one attached hydrogen (secondary N) is 1. The zero-order valence-electron chi connectivity index (χ0n) is 14.2. The number of hydrogen-bond donors (Lipinski definition) is 1. The van der Waals surface area contributed by atoms with Gasteiger partial charge < -0.3 is 15.0 Å². The molecule has 2 atom stereocenters. The molecule has 1 amide bonds. The summed E-state index contributed by atoms with van der Waals surface area (Å²) in [6, 6.07) is 6.37. The predicted octanol–water partition coefficient (Wildman–Crippen LogP) is 1.41. The highest BCUT2D eigenvalue weighted by molar-refractivity contribution is 5.83. The first-order valence-electron chi connectivity index (χ1n) is 8.73. The molecule has 0 saturated carbocycles. The van der Waals surface area contributed by atoms with Gasteiger partial charge in [0.25, 0.3) is 0 Å². The number of ether oxygens (including phenoxy) is 1. The zero-order chi connectivity index (χ0) is 16.9. The van der Waals surface area contributed by atoms with Crippen molar-refractivity contribution in [3.63, 3.8) is 0 Å². The summed E-state index contributed by atoms with van der Waals surface area (Å²) in [6.45, 7) is 3.88. The van der Waals surface area contributed by atoms with E-state index in [4.69, 9.17) is 4.74 Å². The Kier molecular flexibility index (Phi) is 5.81. The Morgan fingerprint density at radius 2 is 2.04 bits per heavy atom. The van der Waals surface area contributed by atoms with Gasteiger partial charge in [-0.15, -0.1) is 0 Å². The van der Waals surface area contributed by atoms with Gasteiger partial charge in [-0.05, 0) is 26.0 Å². The Bertz CT molecular complexity index is 563. The molecule has 0 bridgehead atoms. The van der Waals surface area contributed by atoms with Crippen LogP contribution >= 0.6 is 0 Å². The highest BCUT2D eigenvalue weighted by Crippen LogP contribution is 2.27. The lowest BCUT2D eigenvalue weighted by Crippen LogP contribution is -2.52. The molecule has 132 valence electrons. The molecule has 1 aromatic carbocycles. The van der Waals surface area contributed by atoms with Crippen LogP contribution in [0.15, 0.2) is 24.3 Å². The number of amides is 1. The van der Waals surface area contributed by atoms with Crippen molar-refractivity contribution in [2.45, 2.75) is 24.9 Å². The molecule has 3 rings (SSSR count). The molecule has 2 fully saturated rings. The Morgan fingerprint density at radius 1 is 1.29 bits per heavy atom. The highest BCUT2D eigenvalue weighted by atomic mass is 19.1. The number of benzene rings is 1. The first-order valence-corrected chi connectivity index (χ1v) is 8.73. The van der Waals surface area contributed by atoms with E-state index in [2.05, 4.69) is 5.32 Å². The standard InChI is InChI=1S/C18H26FN3O2/c1-20-14-5-4-8-22(13-14)18(23)17(21-9-11-24-12-10-21)15-6-2-3-7-16(15)19/h2-3,6-7,14,17,20H,4-5,8-13H2,1H3. The smallest absolute Gasteiger partial charge is 0.244 e. The topological polar surface area (TPSA) is 44.8 Å². The van der Waals surface area contributed by atoms with Crippen molar-refractivity contribution >= 4 is 5.91 Å². The molecule has 24 heavy (non-hydrogen) atoms. The molecule has 2 aliphatic rings. The number of likely N-dealkylation sites (tertiary alicyclic amines) is 1. The molecule has 0 spiro atoms. The summed E-state index contributed by atoms with van der Waals surface area (Å²) >= 11 is 0. The van der Waals surface area contributed by atoms with Gasteiger partial charge in [0.1, 0.15) is 11.9 Å². The van der Waals surface area contributed by atoms with Crippen molar-refractivity contribution in [2.75, 3.05) is 46.4 Å². The third kappa shape index (κ3) is 3.77. The second-order valence-electron chi connectivity index (χ2n) is 6.48. The summed E-state index contributed by atoms with van der Waals surface area (Å²) in [5.41, 5.74) is 0.469. The number of halogens is 1. The van der Waals surface area contributed by atoms with E-state index < -0.39 is 6.04 Å². The Morgan fingerprint density at radius 3 is 2.75 bits per heavy atom. The molecule has 0 radical (unpaired) electrons. The molecule has 0 aromatic heterocycles. The van der Waals surface area contributed by atoms with Crippen molar-refractivity contribution in [1.82, 2.24) is 15.1 Å². The Labute approximate surface area is 142 Å². The Balaban J connectivity index is 1.86. The van der Waals surface area contributed by atoms with Crippen LogP contribution in [0.4, 0.5) is 4.39 Å². The van der Waals surface area contributed by atoms with Crippen molar-refractivity contribution in [3.05, 3.63) is 35.6 Å². The fourth-order valence-electron chi connectivity index (χ4n) is 3.60. The SMILES string of the molecule is CNC1CCCN(C(=O)C(c2ccccc2F)N2CCOCC2)C1. The van der Waals surface area contributed by atoms with Crippen molar-refractivity contribution in [1.29, 1.82) is 0 Å². The molecule has 2 saturated heterocycles. The number of likely N-dealkylation sites (N-methyl/N-ethyl adjacent to an activating group) is 1. The normalized spacial score (nSPS) is 23.9. The average molecular weight is 335 g/mol. The van der Waals surface area contributed by atoms with E-state index in [0.717, 1.165) is 19.4 Å². The van der Waals surface area contributed by atoms with Gasteiger partial charge in [0.2, 0.25) is 5.91 Å². The molecular weight excluding hydrogens is 309 g/mol. The molecule has 6 heteroatoms. The second kappa shape index (κ2) is 8.05. The quantitative estimate of drug-likeness (QED) is 0.904. The first-order chi connectivity index (χ1) is 11.7. The van der Waals surface area contributed by atoms with Crippen LogP contribution in [0, 0.1) is 5.82 Å². The maximum atomic E-state index is 14.4. The largest absolute Gasteiger partial charge is 0.379 e. The van der Waals surface area contributed by atoms with Gasteiger partial charge in [-0.3, -0.25) is 9.69 Å². The Hall–Kier alpha value is -1.50. The third-order valence-electron chi connectivity index (χ3n) is 4.99. The highest BCUT2D eigenvalue weighted by Gasteiger charge is 2.35. The van der Waals surface area contributed by atoms with Gasteiger partial charge in [-0.2, -0.15) is 0 Å². The summed E-state index contributed by atoms with van der Waals surface area (Å²) in [7, 11) is 1.93. The molecule has 1 N–H and O–H groups in total. The van der Waals surface area contributed by atoms with Gasteiger partial charge in [-0.25, -0.2) is 4.39 Å². The molecular formula is C18H26FN3O2. The summed E-state index contributed by atoms with van der Waals surface area (Å²) in [4.78, 5) is 17.2. The number of carbonyl (C=O) groups excluding carboxylic acids is 1. The fraction of sp³-hybridized carbons (Fsp3) is 0.611. The van der Waals surface area contributed by atoms with Gasteiger partial charge >= 0.3 is 0 Å². The molecule has 1 aromatic rings. The van der Waals surface area contributed by atoms with Gasteiger partial charge in [0, 0.05) is 37.8 Å². The number of nitrogens with zero attached hydrogens (tertiary/aromatic N) is 2. The lowest BCUT2D eigenvalue weighted by molar-refractivity contribution is -0.140. The monoisotopic (exact) mass is 335 g/mol. The van der Waals surface area contributed by atoms with E-state index in [0.29, 0.717) is 44.5 Å². The van der Waals surface area contributed by atoms with E-state index in [1.165, 1.54) is 6.07 Å². The lowest BCUT2D eigenvalue weighted by Gasteiger charge is -2.39. The number of carbonyl (C=O) groups is 1. The minimum absolute atomic E-state index is 0.00181. The van der Waals surface area contributed by atoms with Gasteiger partial charge in [0.05, 0.1) is 13.2 Å². The summed E-state index contributed by atoms with van der Waals surface area (Å²) in [5, 5.41) is 3.26. The minimum atomic E-state index is -0.564. The third-order valence-corrected chi connectivity index (χ3v) is 4.99. The van der Waals surface area contributed by atoms with Crippen molar-refractivity contribution in [3.8, 4) is 0 Å². The summed E-state index contributed by atoms with van der Waals surface area (Å²) in [5.74, 6) is -0.313. The van der Waals surface area contributed by atoms with E-state index >= 15 is 0 Å². The molecule has 2 unspecified atom stereocenters. The van der Waals surface area contributed by atoms with Crippen LogP contribution in [0.1, 0.15) is 24.4 Å². The molecule has 2 aliphatic heterocycles. The molecule has 0 aliphatic carbocycles. The first kappa shape index (κ1) is 17.3. The zero-order valence-corrected chi connectivity index (χ0v) is 14.2. The van der Waals surface area contributed by atoms with Crippen LogP contribution in [0.3, 0.4) is 0 Å². The maximum absolute atomic E-state index is 14.4. The predicted molar refractivity (Wildman–Crippen MR) is 90.2 cm³/mol. The van der Waals surface area contributed by atoms with Crippen LogP contribution in [0.5, 0.6) is 0 Å². The number of morpholine rings is 1. The van der Waals surface area contributed by atoms with Crippen LogP contribution in [0.2, 0.25) is 0 Å². The van der Waals surface area contributed by atoms with E-state index in [9.17, 15) is 9.18 Å². The van der Waals surface area contributed by atoms with Crippen LogP contribution < -0.4 is 5.32 Å². The molecule has 5 nitrogen and oxygen atoms in total. The summed E-state index contributed by atoms with van der Waals surface area (Å²) in [6.07, 6.45) is 2.05. The van der Waals surface area contributed by atoms with E-state index in [-0.39, 0.29) is 11.7 Å². The van der Waals surface area contributed by atoms with Crippen LogP contribution in [-0.2, 0) is 9.53 Å². The van der Waals surface area contributed by atoms with Crippen LogP contribution in [-0.4, -0.2) is 68.2 Å². The maximum Gasteiger partial charge on any atom is 0.244 e. The lowest BCUT2D eigenvalue weighted by atomic mass is 9.99. The second-order valence-corrected chi connectivity index (χ2v) is 6.48. The van der Waals surface area contributed by atoms with Crippen LogP contribution in [0.25, 0.3) is 0 Å². The van der Waals surface area contributed by atoms with Gasteiger partial charge in [0.15, 0.2) is 0 Å². The van der Waals surface area contributed by atoms with E-state index in [1.54, 1.807) is 18.2 Å². The fourth-order valence-corrected chi connectivity index (χ4v) is 3.60. The summed E-state index contributed by atoms with van der Waals surface area (Å²) < 4.78 is 19.8. The van der Waals surface area contributed by atoms with Gasteiger partial charge in [-0.1, -0.05) is 18.2 Å². The number of hydrogen-bond acceptors (Lipinski definition) is 4. The molecule has 2 heterocycles.